The number of hydrogen-bond donors (Lipinski definition) is 2. The predicted octanol–water partition coefficient (Wildman–Crippen LogP) is 3.03. The standard InChI is InChI=1S/C13H19FN2S/c14-10-5-6-12(15)13(9-10)17-8-2-4-11-3-1-7-16-11/h5-6,9,11,16H,1-4,7-8,15H2. The molecule has 4 heteroatoms. The molecule has 1 atom stereocenters. The zero-order valence-electron chi connectivity index (χ0n) is 9.92. The van der Waals surface area contributed by atoms with Gasteiger partial charge >= 0.3 is 0 Å². The van der Waals surface area contributed by atoms with Crippen LogP contribution in [-0.2, 0) is 0 Å². The maximum Gasteiger partial charge on any atom is 0.124 e. The smallest absolute Gasteiger partial charge is 0.124 e. The third-order valence-electron chi connectivity index (χ3n) is 3.09. The first-order valence-electron chi connectivity index (χ1n) is 6.17. The zero-order chi connectivity index (χ0) is 12.1. The molecular formula is C13H19FN2S. The van der Waals surface area contributed by atoms with E-state index in [0.717, 1.165) is 23.6 Å². The summed E-state index contributed by atoms with van der Waals surface area (Å²) in [6.45, 7) is 1.16. The fourth-order valence-electron chi connectivity index (χ4n) is 2.15. The van der Waals surface area contributed by atoms with Crippen molar-refractivity contribution >= 4 is 17.4 Å². The summed E-state index contributed by atoms with van der Waals surface area (Å²) in [5.74, 6) is 0.797. The molecule has 17 heavy (non-hydrogen) atoms. The Morgan fingerprint density at radius 1 is 1.47 bits per heavy atom. The van der Waals surface area contributed by atoms with Crippen LogP contribution in [-0.4, -0.2) is 18.3 Å². The SMILES string of the molecule is Nc1ccc(F)cc1SCCCC1CCCN1. The molecular weight excluding hydrogens is 235 g/mol. The van der Waals surface area contributed by atoms with E-state index in [1.807, 2.05) is 0 Å². The van der Waals surface area contributed by atoms with E-state index in [9.17, 15) is 4.39 Å². The van der Waals surface area contributed by atoms with Gasteiger partial charge in [-0.1, -0.05) is 0 Å². The van der Waals surface area contributed by atoms with Gasteiger partial charge in [0.05, 0.1) is 0 Å². The van der Waals surface area contributed by atoms with E-state index < -0.39 is 0 Å². The van der Waals surface area contributed by atoms with Gasteiger partial charge in [-0.05, 0) is 56.2 Å². The van der Waals surface area contributed by atoms with Gasteiger partial charge in [-0.15, -0.1) is 11.8 Å². The van der Waals surface area contributed by atoms with Crippen LogP contribution in [0.25, 0.3) is 0 Å². The van der Waals surface area contributed by atoms with Gasteiger partial charge in [0.25, 0.3) is 0 Å². The van der Waals surface area contributed by atoms with Gasteiger partial charge in [-0.3, -0.25) is 0 Å². The van der Waals surface area contributed by atoms with Crippen LogP contribution in [0.1, 0.15) is 25.7 Å². The molecule has 1 aromatic carbocycles. The van der Waals surface area contributed by atoms with E-state index in [-0.39, 0.29) is 5.82 Å². The number of halogens is 1. The van der Waals surface area contributed by atoms with Crippen LogP contribution < -0.4 is 11.1 Å². The quantitative estimate of drug-likeness (QED) is 0.482. The number of hydrogen-bond acceptors (Lipinski definition) is 3. The number of nitrogen functional groups attached to an aromatic ring is 1. The minimum Gasteiger partial charge on any atom is -0.398 e. The van der Waals surface area contributed by atoms with Gasteiger partial charge in [0, 0.05) is 16.6 Å². The summed E-state index contributed by atoms with van der Waals surface area (Å²) in [5.41, 5.74) is 6.47. The number of nitrogens with two attached hydrogens (primary N) is 1. The third kappa shape index (κ3) is 3.89. The first-order chi connectivity index (χ1) is 8.25. The van der Waals surface area contributed by atoms with E-state index in [2.05, 4.69) is 5.32 Å². The summed E-state index contributed by atoms with van der Waals surface area (Å²) in [5, 5.41) is 3.48. The van der Waals surface area contributed by atoms with Gasteiger partial charge < -0.3 is 11.1 Å². The van der Waals surface area contributed by atoms with Crippen LogP contribution in [0.3, 0.4) is 0 Å². The Kier molecular flexibility index (Phi) is 4.68. The fourth-order valence-corrected chi connectivity index (χ4v) is 3.11. The minimum atomic E-state index is -0.209. The van der Waals surface area contributed by atoms with E-state index >= 15 is 0 Å². The fraction of sp³-hybridized carbons (Fsp3) is 0.538. The Balaban J connectivity index is 1.72. The molecule has 1 saturated heterocycles. The number of rotatable bonds is 5. The van der Waals surface area contributed by atoms with Crippen LogP contribution in [0.15, 0.2) is 23.1 Å². The lowest BCUT2D eigenvalue weighted by atomic mass is 10.1. The molecule has 1 unspecified atom stereocenters. The van der Waals surface area contributed by atoms with Crippen molar-refractivity contribution in [3.05, 3.63) is 24.0 Å². The average Bonchev–Trinajstić information content (AvgIpc) is 2.82. The number of anilines is 1. The van der Waals surface area contributed by atoms with Gasteiger partial charge in [0.2, 0.25) is 0 Å². The molecule has 0 aliphatic carbocycles. The zero-order valence-corrected chi connectivity index (χ0v) is 10.7. The lowest BCUT2D eigenvalue weighted by Gasteiger charge is -2.10. The summed E-state index contributed by atoms with van der Waals surface area (Å²) in [4.78, 5) is 0.865. The number of thioether (sulfide) groups is 1. The third-order valence-corrected chi connectivity index (χ3v) is 4.25. The Morgan fingerprint density at radius 3 is 3.12 bits per heavy atom. The van der Waals surface area contributed by atoms with E-state index in [1.165, 1.54) is 31.4 Å². The number of nitrogens with one attached hydrogen (secondary N) is 1. The molecule has 0 radical (unpaired) electrons. The van der Waals surface area contributed by atoms with Crippen LogP contribution in [0, 0.1) is 5.82 Å². The second-order valence-electron chi connectivity index (χ2n) is 4.47. The highest BCUT2D eigenvalue weighted by Gasteiger charge is 2.13. The van der Waals surface area contributed by atoms with Crippen LogP contribution >= 0.6 is 11.8 Å². The minimum absolute atomic E-state index is 0.209. The van der Waals surface area contributed by atoms with Gasteiger partial charge in [-0.2, -0.15) is 0 Å². The van der Waals surface area contributed by atoms with Crippen molar-refractivity contribution in [2.45, 2.75) is 36.6 Å². The molecule has 0 saturated carbocycles. The normalized spacial score (nSPS) is 19.7. The number of benzene rings is 1. The second-order valence-corrected chi connectivity index (χ2v) is 5.60. The Labute approximate surface area is 106 Å². The van der Waals surface area contributed by atoms with Crippen molar-refractivity contribution in [1.29, 1.82) is 0 Å². The summed E-state index contributed by atoms with van der Waals surface area (Å²) in [6, 6.07) is 5.26. The van der Waals surface area contributed by atoms with Crippen molar-refractivity contribution in [3.8, 4) is 0 Å². The molecule has 1 aromatic rings. The Hall–Kier alpha value is -0.740. The molecule has 0 amide bonds. The predicted molar refractivity (Wildman–Crippen MR) is 71.8 cm³/mol. The second kappa shape index (κ2) is 6.26. The van der Waals surface area contributed by atoms with E-state index in [1.54, 1.807) is 17.8 Å². The molecule has 1 heterocycles. The lowest BCUT2D eigenvalue weighted by Crippen LogP contribution is -2.20. The average molecular weight is 254 g/mol. The van der Waals surface area contributed by atoms with E-state index in [0.29, 0.717) is 11.7 Å². The summed E-state index contributed by atoms with van der Waals surface area (Å²) >= 11 is 1.65. The Bertz CT molecular complexity index is 364. The molecule has 1 aliphatic rings. The molecule has 2 nitrogen and oxygen atoms in total. The molecule has 1 aliphatic heterocycles. The highest BCUT2D eigenvalue weighted by molar-refractivity contribution is 7.99. The largest absolute Gasteiger partial charge is 0.398 e. The molecule has 94 valence electrons. The van der Waals surface area contributed by atoms with Gasteiger partial charge in [-0.25, -0.2) is 4.39 Å². The highest BCUT2D eigenvalue weighted by atomic mass is 32.2. The van der Waals surface area contributed by atoms with Gasteiger partial charge in [0.1, 0.15) is 5.82 Å². The van der Waals surface area contributed by atoms with Crippen LogP contribution in [0.2, 0.25) is 0 Å². The molecule has 0 aromatic heterocycles. The van der Waals surface area contributed by atoms with Crippen molar-refractivity contribution in [2.75, 3.05) is 18.0 Å². The molecule has 3 N–H and O–H groups in total. The van der Waals surface area contributed by atoms with Gasteiger partial charge in [0.15, 0.2) is 0 Å². The van der Waals surface area contributed by atoms with Crippen molar-refractivity contribution in [3.63, 3.8) is 0 Å². The topological polar surface area (TPSA) is 38.0 Å². The van der Waals surface area contributed by atoms with Crippen LogP contribution in [0.5, 0.6) is 0 Å². The van der Waals surface area contributed by atoms with Crippen molar-refractivity contribution in [1.82, 2.24) is 5.32 Å². The first kappa shape index (κ1) is 12.7. The van der Waals surface area contributed by atoms with Crippen molar-refractivity contribution in [2.24, 2.45) is 0 Å². The van der Waals surface area contributed by atoms with Crippen molar-refractivity contribution < 1.29 is 4.39 Å². The molecule has 0 bridgehead atoms. The maximum absolute atomic E-state index is 13.0. The first-order valence-corrected chi connectivity index (χ1v) is 7.15. The summed E-state index contributed by atoms with van der Waals surface area (Å²) in [7, 11) is 0. The molecule has 2 rings (SSSR count). The monoisotopic (exact) mass is 254 g/mol. The molecule has 1 fully saturated rings. The Morgan fingerprint density at radius 2 is 2.35 bits per heavy atom. The van der Waals surface area contributed by atoms with Crippen LogP contribution in [0.4, 0.5) is 10.1 Å². The summed E-state index contributed by atoms with van der Waals surface area (Å²) < 4.78 is 13.0. The lowest BCUT2D eigenvalue weighted by molar-refractivity contribution is 0.553. The molecule has 0 spiro atoms. The summed E-state index contributed by atoms with van der Waals surface area (Å²) in [6.07, 6.45) is 4.96. The maximum atomic E-state index is 13.0. The van der Waals surface area contributed by atoms with E-state index in [4.69, 9.17) is 5.73 Å². The highest BCUT2D eigenvalue weighted by Crippen LogP contribution is 2.27.